The summed E-state index contributed by atoms with van der Waals surface area (Å²) in [6.45, 7) is 2.07. The summed E-state index contributed by atoms with van der Waals surface area (Å²) in [5.41, 5.74) is 11.4. The molecule has 0 spiro atoms. The average Bonchev–Trinajstić information content (AvgIpc) is 2.69. The second-order valence-corrected chi connectivity index (χ2v) is 7.91. The Morgan fingerprint density at radius 1 is 1.12 bits per heavy atom. The summed E-state index contributed by atoms with van der Waals surface area (Å²) < 4.78 is 0. The summed E-state index contributed by atoms with van der Waals surface area (Å²) >= 11 is 0. The largest absolute Gasteiger partial charge is 0.349 e. The fourth-order valence-electron chi connectivity index (χ4n) is 4.60. The molecule has 0 aromatic heterocycles. The van der Waals surface area contributed by atoms with Gasteiger partial charge in [0.1, 0.15) is 0 Å². The minimum atomic E-state index is -0.226. The van der Waals surface area contributed by atoms with Crippen LogP contribution in [0.3, 0.4) is 0 Å². The molecule has 3 fully saturated rings. The average molecular weight is 347 g/mol. The molecule has 3 aliphatic rings. The number of nitrogens with zero attached hydrogens (tertiary/aromatic N) is 1. The van der Waals surface area contributed by atoms with Crippen molar-refractivity contribution in [1.82, 2.24) is 5.32 Å². The van der Waals surface area contributed by atoms with Gasteiger partial charge in [0.25, 0.3) is 5.91 Å². The van der Waals surface area contributed by atoms with Crippen molar-refractivity contribution in [3.8, 4) is 11.1 Å². The summed E-state index contributed by atoms with van der Waals surface area (Å²) in [7, 11) is 0. The smallest absolute Gasteiger partial charge is 0.251 e. The van der Waals surface area contributed by atoms with Gasteiger partial charge >= 0.3 is 0 Å². The first kappa shape index (κ1) is 17.0. The first-order valence-corrected chi connectivity index (χ1v) is 9.45. The molecule has 0 radical (unpaired) electrons. The van der Waals surface area contributed by atoms with Gasteiger partial charge in [-0.15, -0.1) is 0 Å². The van der Waals surface area contributed by atoms with E-state index < -0.39 is 0 Å². The molecule has 4 heteroatoms. The van der Waals surface area contributed by atoms with Crippen molar-refractivity contribution in [2.75, 3.05) is 0 Å². The van der Waals surface area contributed by atoms with Gasteiger partial charge in [0.05, 0.1) is 5.54 Å². The molecule has 1 unspecified atom stereocenters. The number of nitrogens with one attached hydrogen (secondary N) is 2. The molecule has 1 amide bonds. The molecule has 3 aliphatic carbocycles. The molecule has 4 nitrogen and oxygen atoms in total. The molecule has 2 bridgehead atoms. The molecular formula is C22H25N3O. The van der Waals surface area contributed by atoms with Crippen molar-refractivity contribution in [2.24, 2.45) is 11.0 Å². The summed E-state index contributed by atoms with van der Waals surface area (Å²) in [6.07, 6.45) is 4.94. The van der Waals surface area contributed by atoms with Crippen LogP contribution in [0.15, 0.2) is 53.6 Å². The minimum absolute atomic E-state index is 0.0165. The van der Waals surface area contributed by atoms with Gasteiger partial charge in [-0.2, -0.15) is 5.11 Å². The lowest BCUT2D eigenvalue weighted by atomic mass is 9.63. The highest BCUT2D eigenvalue weighted by molar-refractivity contribution is 5.95. The van der Waals surface area contributed by atoms with Crippen LogP contribution in [0.5, 0.6) is 0 Å². The van der Waals surface area contributed by atoms with E-state index in [0.29, 0.717) is 11.5 Å². The van der Waals surface area contributed by atoms with E-state index in [9.17, 15) is 4.79 Å². The van der Waals surface area contributed by atoms with Gasteiger partial charge in [0, 0.05) is 11.6 Å². The molecule has 5 rings (SSSR count). The maximum atomic E-state index is 12.8. The summed E-state index contributed by atoms with van der Waals surface area (Å²) in [5, 5.41) is 7.16. The number of hydrogen-bond donors (Lipinski definition) is 2. The van der Waals surface area contributed by atoms with Crippen molar-refractivity contribution in [1.29, 1.82) is 5.53 Å². The molecule has 26 heavy (non-hydrogen) atoms. The quantitative estimate of drug-likeness (QED) is 0.740. The van der Waals surface area contributed by atoms with Gasteiger partial charge in [-0.3, -0.25) is 4.79 Å². The van der Waals surface area contributed by atoms with Gasteiger partial charge in [-0.25, -0.2) is 5.53 Å². The van der Waals surface area contributed by atoms with E-state index >= 15 is 0 Å². The highest BCUT2D eigenvalue weighted by Crippen LogP contribution is 2.46. The lowest BCUT2D eigenvalue weighted by molar-refractivity contribution is 0.0718. The van der Waals surface area contributed by atoms with Crippen molar-refractivity contribution < 1.29 is 4.79 Å². The Balaban J connectivity index is 1.52. The van der Waals surface area contributed by atoms with Crippen molar-refractivity contribution in [3.63, 3.8) is 0 Å². The lowest BCUT2D eigenvalue weighted by Crippen LogP contribution is -2.53. The third kappa shape index (κ3) is 3.16. The normalized spacial score (nSPS) is 27.1. The standard InChI is InChI=1S/C22H25N3O/c1-15-4-2-5-17(12-15)18-6-3-7-19(13-18)21(26)24-20-14-22(25-23)10-8-16(20)9-11-22/h2-7,12-13,16,20,23H,8-11,14H2,1H3,(H,24,26). The van der Waals surface area contributed by atoms with Crippen LogP contribution in [-0.2, 0) is 0 Å². The minimum Gasteiger partial charge on any atom is -0.349 e. The molecular weight excluding hydrogens is 322 g/mol. The summed E-state index contributed by atoms with van der Waals surface area (Å²) in [6, 6.07) is 16.3. The number of carbonyl (C=O) groups is 1. The molecule has 0 aliphatic heterocycles. The van der Waals surface area contributed by atoms with Crippen molar-refractivity contribution in [2.45, 2.75) is 50.6 Å². The molecule has 2 N–H and O–H groups in total. The van der Waals surface area contributed by atoms with E-state index in [2.05, 4.69) is 35.6 Å². The summed E-state index contributed by atoms with van der Waals surface area (Å²) in [5.74, 6) is 0.514. The van der Waals surface area contributed by atoms with Crippen LogP contribution in [-0.4, -0.2) is 17.5 Å². The Bertz CT molecular complexity index is 837. The third-order valence-electron chi connectivity index (χ3n) is 6.16. The third-order valence-corrected chi connectivity index (χ3v) is 6.16. The Kier molecular flexibility index (Phi) is 4.35. The Hall–Kier alpha value is -2.49. The molecule has 0 saturated heterocycles. The predicted octanol–water partition coefficient (Wildman–Crippen LogP) is 5.12. The zero-order valence-corrected chi connectivity index (χ0v) is 15.2. The van der Waals surface area contributed by atoms with Crippen LogP contribution >= 0.6 is 0 Å². The van der Waals surface area contributed by atoms with E-state index in [1.807, 2.05) is 30.3 Å². The topological polar surface area (TPSA) is 65.3 Å². The number of aryl methyl sites for hydroxylation is 1. The van der Waals surface area contributed by atoms with Crippen molar-refractivity contribution >= 4 is 5.91 Å². The number of fused-ring (bicyclic) bond motifs is 3. The second-order valence-electron chi connectivity index (χ2n) is 7.91. The molecule has 134 valence electrons. The Labute approximate surface area is 154 Å². The van der Waals surface area contributed by atoms with Gasteiger partial charge < -0.3 is 5.32 Å². The molecule has 0 heterocycles. The van der Waals surface area contributed by atoms with Crippen LogP contribution in [0.4, 0.5) is 0 Å². The zero-order valence-electron chi connectivity index (χ0n) is 15.2. The SMILES string of the molecule is Cc1cccc(-c2cccc(C(=O)NC3CC4(N=N)CCC3CC4)c2)c1. The van der Waals surface area contributed by atoms with Crippen LogP contribution in [0.25, 0.3) is 11.1 Å². The molecule has 3 saturated carbocycles. The molecule has 1 atom stereocenters. The van der Waals surface area contributed by atoms with E-state index in [4.69, 9.17) is 5.53 Å². The van der Waals surface area contributed by atoms with Crippen LogP contribution in [0.1, 0.15) is 48.0 Å². The molecule has 2 aromatic carbocycles. The Morgan fingerprint density at radius 3 is 2.50 bits per heavy atom. The van der Waals surface area contributed by atoms with Gasteiger partial charge in [-0.1, -0.05) is 42.0 Å². The van der Waals surface area contributed by atoms with Crippen LogP contribution < -0.4 is 5.32 Å². The second kappa shape index (κ2) is 6.67. The van der Waals surface area contributed by atoms with Gasteiger partial charge in [-0.05, 0) is 68.2 Å². The van der Waals surface area contributed by atoms with Crippen molar-refractivity contribution in [3.05, 3.63) is 59.7 Å². The Morgan fingerprint density at radius 2 is 1.81 bits per heavy atom. The number of hydrogen-bond acceptors (Lipinski definition) is 3. The monoisotopic (exact) mass is 347 g/mol. The van der Waals surface area contributed by atoms with Crippen LogP contribution in [0, 0.1) is 18.4 Å². The predicted molar refractivity (Wildman–Crippen MR) is 102 cm³/mol. The van der Waals surface area contributed by atoms with E-state index in [1.165, 1.54) is 5.56 Å². The number of rotatable bonds is 4. The summed E-state index contributed by atoms with van der Waals surface area (Å²) in [4.78, 5) is 12.8. The lowest BCUT2D eigenvalue weighted by Gasteiger charge is -2.47. The van der Waals surface area contributed by atoms with E-state index in [0.717, 1.165) is 43.2 Å². The zero-order chi connectivity index (χ0) is 18.1. The number of carbonyl (C=O) groups excluding carboxylic acids is 1. The first-order valence-electron chi connectivity index (χ1n) is 9.45. The molecule has 2 aromatic rings. The van der Waals surface area contributed by atoms with E-state index in [-0.39, 0.29) is 17.5 Å². The fraction of sp³-hybridized carbons (Fsp3) is 0.409. The van der Waals surface area contributed by atoms with Gasteiger partial charge in [0.2, 0.25) is 0 Å². The van der Waals surface area contributed by atoms with E-state index in [1.54, 1.807) is 0 Å². The highest BCUT2D eigenvalue weighted by atomic mass is 16.1. The van der Waals surface area contributed by atoms with Gasteiger partial charge in [0.15, 0.2) is 0 Å². The fourth-order valence-corrected chi connectivity index (χ4v) is 4.60. The first-order chi connectivity index (χ1) is 12.6. The number of amides is 1. The highest BCUT2D eigenvalue weighted by Gasteiger charge is 2.46. The van der Waals surface area contributed by atoms with Crippen LogP contribution in [0.2, 0.25) is 0 Å². The maximum absolute atomic E-state index is 12.8. The number of benzene rings is 2. The maximum Gasteiger partial charge on any atom is 0.251 e.